The van der Waals surface area contributed by atoms with Gasteiger partial charge in [-0.05, 0) is 12.1 Å². The number of hydrogen-bond acceptors (Lipinski definition) is 6. The van der Waals surface area contributed by atoms with Crippen molar-refractivity contribution in [2.75, 3.05) is 11.1 Å². The third-order valence-corrected chi connectivity index (χ3v) is 2.83. The third kappa shape index (κ3) is 3.04. The number of nitrogens with zero attached hydrogens (tertiary/aromatic N) is 4. The number of amides is 1. The molecular formula is C15H12N6O. The van der Waals surface area contributed by atoms with Gasteiger partial charge in [0.15, 0.2) is 5.82 Å². The number of carbonyl (C=O) groups is 1. The molecule has 0 atom stereocenters. The van der Waals surface area contributed by atoms with E-state index in [1.807, 2.05) is 30.3 Å². The molecule has 1 aromatic carbocycles. The molecule has 108 valence electrons. The summed E-state index contributed by atoms with van der Waals surface area (Å²) < 4.78 is 0. The van der Waals surface area contributed by atoms with Gasteiger partial charge in [-0.1, -0.05) is 30.3 Å². The van der Waals surface area contributed by atoms with Crippen LogP contribution in [0, 0.1) is 0 Å². The highest BCUT2D eigenvalue weighted by Gasteiger charge is 2.11. The number of aromatic nitrogens is 4. The second-order valence-corrected chi connectivity index (χ2v) is 4.40. The Morgan fingerprint density at radius 1 is 1.00 bits per heavy atom. The minimum Gasteiger partial charge on any atom is -0.368 e. The normalized spacial score (nSPS) is 10.2. The van der Waals surface area contributed by atoms with Crippen LogP contribution in [-0.4, -0.2) is 25.8 Å². The van der Waals surface area contributed by atoms with Crippen LogP contribution in [0.1, 0.15) is 10.4 Å². The van der Waals surface area contributed by atoms with Crippen LogP contribution in [0.25, 0.3) is 11.4 Å². The van der Waals surface area contributed by atoms with E-state index < -0.39 is 0 Å². The Hall–Kier alpha value is -3.35. The number of nitrogen functional groups attached to an aromatic ring is 1. The lowest BCUT2D eigenvalue weighted by Gasteiger charge is -2.06. The maximum absolute atomic E-state index is 12.1. The van der Waals surface area contributed by atoms with Crippen molar-refractivity contribution in [1.82, 2.24) is 19.9 Å². The van der Waals surface area contributed by atoms with E-state index in [9.17, 15) is 4.79 Å². The molecular weight excluding hydrogens is 280 g/mol. The molecule has 1 amide bonds. The lowest BCUT2D eigenvalue weighted by Crippen LogP contribution is -2.16. The van der Waals surface area contributed by atoms with Crippen molar-refractivity contribution in [3.05, 3.63) is 60.4 Å². The van der Waals surface area contributed by atoms with Crippen LogP contribution in [0.3, 0.4) is 0 Å². The van der Waals surface area contributed by atoms with Crippen molar-refractivity contribution < 1.29 is 4.79 Å². The summed E-state index contributed by atoms with van der Waals surface area (Å²) in [6.45, 7) is 0. The average molecular weight is 292 g/mol. The summed E-state index contributed by atoms with van der Waals surface area (Å²) in [7, 11) is 0. The number of benzene rings is 1. The molecule has 2 heterocycles. The van der Waals surface area contributed by atoms with Gasteiger partial charge >= 0.3 is 0 Å². The lowest BCUT2D eigenvalue weighted by atomic mass is 10.2. The van der Waals surface area contributed by atoms with Crippen molar-refractivity contribution in [3.8, 4) is 11.4 Å². The smallest absolute Gasteiger partial charge is 0.259 e. The van der Waals surface area contributed by atoms with Gasteiger partial charge in [0, 0.05) is 18.0 Å². The summed E-state index contributed by atoms with van der Waals surface area (Å²) in [5.74, 6) is 0.169. The van der Waals surface area contributed by atoms with Crippen LogP contribution >= 0.6 is 0 Å². The molecule has 0 aliphatic rings. The number of carbonyl (C=O) groups excluding carboxylic acids is 1. The molecule has 0 unspecified atom stereocenters. The lowest BCUT2D eigenvalue weighted by molar-refractivity contribution is 0.102. The Labute approximate surface area is 126 Å². The Balaban J connectivity index is 1.89. The monoisotopic (exact) mass is 292 g/mol. The Morgan fingerprint density at radius 3 is 2.55 bits per heavy atom. The summed E-state index contributed by atoms with van der Waals surface area (Å²) in [5, 5.41) is 2.59. The number of nitrogens with one attached hydrogen (secondary N) is 1. The largest absolute Gasteiger partial charge is 0.368 e. The van der Waals surface area contributed by atoms with Gasteiger partial charge in [-0.15, -0.1) is 0 Å². The molecule has 0 aliphatic carbocycles. The van der Waals surface area contributed by atoms with Gasteiger partial charge in [-0.3, -0.25) is 15.1 Å². The molecule has 3 N–H and O–H groups in total. The van der Waals surface area contributed by atoms with E-state index in [2.05, 4.69) is 25.3 Å². The number of rotatable bonds is 3. The summed E-state index contributed by atoms with van der Waals surface area (Å²) in [6, 6.07) is 12.6. The van der Waals surface area contributed by atoms with E-state index >= 15 is 0 Å². The Morgan fingerprint density at radius 2 is 1.82 bits per heavy atom. The van der Waals surface area contributed by atoms with E-state index in [1.54, 1.807) is 18.3 Å². The Kier molecular flexibility index (Phi) is 3.69. The molecule has 3 rings (SSSR count). The van der Waals surface area contributed by atoms with Crippen LogP contribution in [0.15, 0.2) is 54.9 Å². The SMILES string of the molecule is Nc1nc(NC(=O)c2cccnc2)nc(-c2ccccc2)n1. The number of nitrogens with two attached hydrogens (primary N) is 1. The number of hydrogen-bond donors (Lipinski definition) is 2. The Bertz CT molecular complexity index is 792. The first kappa shape index (κ1) is 13.6. The molecule has 0 radical (unpaired) electrons. The highest BCUT2D eigenvalue weighted by Crippen LogP contribution is 2.16. The highest BCUT2D eigenvalue weighted by molar-refractivity contribution is 6.03. The second kappa shape index (κ2) is 5.96. The van der Waals surface area contributed by atoms with Crippen molar-refractivity contribution >= 4 is 17.8 Å². The zero-order chi connectivity index (χ0) is 15.4. The van der Waals surface area contributed by atoms with Crippen molar-refractivity contribution in [2.24, 2.45) is 0 Å². The molecule has 0 fully saturated rings. The van der Waals surface area contributed by atoms with E-state index in [0.29, 0.717) is 11.4 Å². The fourth-order valence-corrected chi connectivity index (χ4v) is 1.84. The molecule has 22 heavy (non-hydrogen) atoms. The summed E-state index contributed by atoms with van der Waals surface area (Å²) >= 11 is 0. The van der Waals surface area contributed by atoms with Gasteiger partial charge in [0.1, 0.15) is 0 Å². The van der Waals surface area contributed by atoms with Crippen LogP contribution in [0.2, 0.25) is 0 Å². The summed E-state index contributed by atoms with van der Waals surface area (Å²) in [5.41, 5.74) is 6.88. The second-order valence-electron chi connectivity index (χ2n) is 4.40. The fourth-order valence-electron chi connectivity index (χ4n) is 1.84. The molecule has 0 saturated heterocycles. The summed E-state index contributed by atoms with van der Waals surface area (Å²) in [4.78, 5) is 28.2. The average Bonchev–Trinajstić information content (AvgIpc) is 2.56. The molecule has 0 saturated carbocycles. The van der Waals surface area contributed by atoms with Gasteiger partial charge in [0.2, 0.25) is 11.9 Å². The fraction of sp³-hybridized carbons (Fsp3) is 0. The quantitative estimate of drug-likeness (QED) is 0.762. The van der Waals surface area contributed by atoms with E-state index in [4.69, 9.17) is 5.73 Å². The first-order chi connectivity index (χ1) is 10.7. The van der Waals surface area contributed by atoms with Crippen LogP contribution < -0.4 is 11.1 Å². The first-order valence-corrected chi connectivity index (χ1v) is 6.51. The molecule has 7 nitrogen and oxygen atoms in total. The molecule has 0 spiro atoms. The number of anilines is 2. The zero-order valence-electron chi connectivity index (χ0n) is 11.5. The van der Waals surface area contributed by atoms with Crippen LogP contribution in [-0.2, 0) is 0 Å². The predicted molar refractivity (Wildman–Crippen MR) is 81.9 cm³/mol. The molecule has 2 aromatic heterocycles. The molecule has 7 heteroatoms. The number of pyridine rings is 1. The van der Waals surface area contributed by atoms with Gasteiger partial charge < -0.3 is 5.73 Å². The summed E-state index contributed by atoms with van der Waals surface area (Å²) in [6.07, 6.45) is 3.04. The molecule has 0 bridgehead atoms. The van der Waals surface area contributed by atoms with E-state index in [1.165, 1.54) is 6.20 Å². The standard InChI is InChI=1S/C15H12N6O/c16-14-18-12(10-5-2-1-3-6-10)19-15(21-14)20-13(22)11-7-4-8-17-9-11/h1-9H,(H3,16,18,19,20,21,22). The van der Waals surface area contributed by atoms with Gasteiger partial charge in [0.25, 0.3) is 5.91 Å². The van der Waals surface area contributed by atoms with Crippen molar-refractivity contribution in [2.45, 2.75) is 0 Å². The first-order valence-electron chi connectivity index (χ1n) is 6.51. The maximum atomic E-state index is 12.1. The topological polar surface area (TPSA) is 107 Å². The van der Waals surface area contributed by atoms with Crippen LogP contribution in [0.5, 0.6) is 0 Å². The van der Waals surface area contributed by atoms with Crippen molar-refractivity contribution in [1.29, 1.82) is 0 Å². The minimum atomic E-state index is -0.363. The zero-order valence-corrected chi connectivity index (χ0v) is 11.5. The van der Waals surface area contributed by atoms with Crippen molar-refractivity contribution in [3.63, 3.8) is 0 Å². The van der Waals surface area contributed by atoms with Gasteiger partial charge in [-0.2, -0.15) is 15.0 Å². The maximum Gasteiger partial charge on any atom is 0.259 e. The molecule has 0 aliphatic heterocycles. The van der Waals surface area contributed by atoms with E-state index in [-0.39, 0.29) is 17.8 Å². The van der Waals surface area contributed by atoms with Gasteiger partial charge in [-0.25, -0.2) is 0 Å². The molecule has 3 aromatic rings. The highest BCUT2D eigenvalue weighted by atomic mass is 16.1. The van der Waals surface area contributed by atoms with E-state index in [0.717, 1.165) is 5.56 Å². The van der Waals surface area contributed by atoms with Crippen LogP contribution in [0.4, 0.5) is 11.9 Å². The van der Waals surface area contributed by atoms with Gasteiger partial charge in [0.05, 0.1) is 5.56 Å². The minimum absolute atomic E-state index is 0.0374. The third-order valence-electron chi connectivity index (χ3n) is 2.83. The predicted octanol–water partition coefficient (Wildman–Crippen LogP) is 1.77.